The number of alkyl halides is 3. The van der Waals surface area contributed by atoms with Crippen molar-refractivity contribution in [3.8, 4) is 0 Å². The van der Waals surface area contributed by atoms with E-state index in [1.54, 1.807) is 12.1 Å². The van der Waals surface area contributed by atoms with Crippen molar-refractivity contribution >= 4 is 5.97 Å². The van der Waals surface area contributed by atoms with Gasteiger partial charge in [-0.1, -0.05) is 12.1 Å². The van der Waals surface area contributed by atoms with E-state index in [1.807, 2.05) is 6.07 Å². The van der Waals surface area contributed by atoms with E-state index in [0.29, 0.717) is 31.6 Å². The first kappa shape index (κ1) is 15.3. The fourth-order valence-electron chi connectivity index (χ4n) is 2.95. The van der Waals surface area contributed by atoms with Crippen molar-refractivity contribution in [2.24, 2.45) is 0 Å². The number of nitrogens with one attached hydrogen (secondary N) is 1. The Morgan fingerprint density at radius 1 is 1.36 bits per heavy atom. The van der Waals surface area contributed by atoms with E-state index in [2.05, 4.69) is 5.32 Å². The molecular formula is C15H17F3N2O2. The number of nitrogens with zero attached hydrogens (tertiary/aromatic N) is 1. The lowest BCUT2D eigenvalue weighted by molar-refractivity contribution is -0.186. The molecule has 22 heavy (non-hydrogen) atoms. The van der Waals surface area contributed by atoms with E-state index in [4.69, 9.17) is 4.74 Å². The summed E-state index contributed by atoms with van der Waals surface area (Å²) in [5.74, 6) is -0.333. The number of carbonyl (C=O) groups is 1. The van der Waals surface area contributed by atoms with Gasteiger partial charge in [0.25, 0.3) is 0 Å². The van der Waals surface area contributed by atoms with Gasteiger partial charge in [-0.3, -0.25) is 4.90 Å². The Bertz CT molecular complexity index is 574. The molecule has 1 saturated heterocycles. The van der Waals surface area contributed by atoms with Crippen LogP contribution in [0.1, 0.15) is 21.5 Å². The van der Waals surface area contributed by atoms with Crippen molar-refractivity contribution in [3.05, 3.63) is 34.9 Å². The van der Waals surface area contributed by atoms with Gasteiger partial charge in [-0.15, -0.1) is 0 Å². The summed E-state index contributed by atoms with van der Waals surface area (Å²) in [7, 11) is 0. The Kier molecular flexibility index (Phi) is 4.10. The number of piperazine rings is 1. The minimum atomic E-state index is -4.22. The van der Waals surface area contributed by atoms with E-state index in [1.165, 1.54) is 4.90 Å². The zero-order chi connectivity index (χ0) is 15.7. The first-order valence-electron chi connectivity index (χ1n) is 7.25. The first-order valence-corrected chi connectivity index (χ1v) is 7.25. The highest BCUT2D eigenvalue weighted by molar-refractivity contribution is 5.93. The molecule has 1 aromatic carbocycles. The fraction of sp³-hybridized carbons (Fsp3) is 0.533. The summed E-state index contributed by atoms with van der Waals surface area (Å²) in [4.78, 5) is 12.9. The lowest BCUT2D eigenvalue weighted by Crippen LogP contribution is -2.58. The summed E-state index contributed by atoms with van der Waals surface area (Å²) in [5.41, 5.74) is 2.30. The number of carbonyl (C=O) groups excluding carboxylic acids is 1. The number of esters is 1. The molecule has 7 heteroatoms. The Labute approximate surface area is 126 Å². The lowest BCUT2D eigenvalue weighted by Gasteiger charge is -2.37. The molecule has 0 aromatic heterocycles. The van der Waals surface area contributed by atoms with Gasteiger partial charge in [0.15, 0.2) is 0 Å². The molecule has 0 aliphatic carbocycles. The van der Waals surface area contributed by atoms with Gasteiger partial charge < -0.3 is 10.1 Å². The maximum atomic E-state index is 13.0. The van der Waals surface area contributed by atoms with Crippen LogP contribution in [-0.4, -0.2) is 49.3 Å². The van der Waals surface area contributed by atoms with Gasteiger partial charge in [0.1, 0.15) is 12.6 Å². The van der Waals surface area contributed by atoms with Crippen LogP contribution in [0.15, 0.2) is 18.2 Å². The Morgan fingerprint density at radius 2 is 2.18 bits per heavy atom. The number of hydrogen-bond acceptors (Lipinski definition) is 4. The number of ether oxygens (including phenoxy) is 1. The van der Waals surface area contributed by atoms with Crippen molar-refractivity contribution in [3.63, 3.8) is 0 Å². The molecule has 120 valence electrons. The number of rotatable bonds is 3. The Hall–Kier alpha value is -1.60. The second-order valence-corrected chi connectivity index (χ2v) is 5.62. The van der Waals surface area contributed by atoms with Crippen LogP contribution in [0.25, 0.3) is 0 Å². The highest BCUT2D eigenvalue weighted by Crippen LogP contribution is 2.26. The number of hydrogen-bond donors (Lipinski definition) is 1. The average Bonchev–Trinajstić information content (AvgIpc) is 2.85. The van der Waals surface area contributed by atoms with Crippen LogP contribution in [0.2, 0.25) is 0 Å². The molecular weight excluding hydrogens is 297 g/mol. The molecule has 1 fully saturated rings. The van der Waals surface area contributed by atoms with Gasteiger partial charge in [0.2, 0.25) is 0 Å². The van der Waals surface area contributed by atoms with E-state index < -0.39 is 12.2 Å². The standard InChI is InChI=1S/C15H17F3N2O2/c16-15(17,18)13-8-19-4-6-20(13)5-3-10-1-2-12-11(7-10)9-22-14(12)21/h1-2,7,13,19H,3-6,8-9H2/t13-/m1/s1. The monoisotopic (exact) mass is 314 g/mol. The molecule has 2 aliphatic rings. The first-order chi connectivity index (χ1) is 10.4. The normalized spacial score (nSPS) is 22.5. The molecule has 1 aromatic rings. The van der Waals surface area contributed by atoms with E-state index in [9.17, 15) is 18.0 Å². The summed E-state index contributed by atoms with van der Waals surface area (Å²) in [6.07, 6.45) is -3.69. The van der Waals surface area contributed by atoms with Crippen molar-refractivity contribution in [2.45, 2.75) is 25.2 Å². The molecule has 0 saturated carbocycles. The SMILES string of the molecule is O=C1OCc2cc(CCN3CCNC[C@@H]3C(F)(F)F)ccc21. The molecule has 0 bridgehead atoms. The van der Waals surface area contributed by atoms with Gasteiger partial charge >= 0.3 is 12.1 Å². The highest BCUT2D eigenvalue weighted by atomic mass is 19.4. The van der Waals surface area contributed by atoms with Crippen molar-refractivity contribution in [2.75, 3.05) is 26.2 Å². The summed E-state index contributed by atoms with van der Waals surface area (Å²) in [6, 6.07) is 3.90. The Balaban J connectivity index is 1.65. The van der Waals surface area contributed by atoms with Crippen LogP contribution >= 0.6 is 0 Å². The van der Waals surface area contributed by atoms with Crippen LogP contribution in [0.5, 0.6) is 0 Å². The highest BCUT2D eigenvalue weighted by Gasteiger charge is 2.44. The van der Waals surface area contributed by atoms with Gasteiger partial charge in [0, 0.05) is 31.7 Å². The third-order valence-corrected chi connectivity index (χ3v) is 4.17. The number of benzene rings is 1. The summed E-state index contributed by atoms with van der Waals surface area (Å²) >= 11 is 0. The smallest absolute Gasteiger partial charge is 0.405 e. The topological polar surface area (TPSA) is 41.6 Å². The van der Waals surface area contributed by atoms with Crippen LogP contribution in [0, 0.1) is 0 Å². The minimum Gasteiger partial charge on any atom is -0.457 e. The largest absolute Gasteiger partial charge is 0.457 e. The number of cyclic esters (lactones) is 1. The van der Waals surface area contributed by atoms with Crippen LogP contribution < -0.4 is 5.32 Å². The van der Waals surface area contributed by atoms with Gasteiger partial charge in [0.05, 0.1) is 5.56 Å². The minimum absolute atomic E-state index is 0.0595. The molecule has 0 radical (unpaired) electrons. The van der Waals surface area contributed by atoms with Crippen LogP contribution in [0.4, 0.5) is 13.2 Å². The zero-order valence-electron chi connectivity index (χ0n) is 11.9. The van der Waals surface area contributed by atoms with E-state index in [0.717, 1.165) is 11.1 Å². The van der Waals surface area contributed by atoms with E-state index in [-0.39, 0.29) is 19.1 Å². The van der Waals surface area contributed by atoms with Crippen molar-refractivity contribution < 1.29 is 22.7 Å². The van der Waals surface area contributed by atoms with Crippen molar-refractivity contribution in [1.29, 1.82) is 0 Å². The van der Waals surface area contributed by atoms with Crippen LogP contribution in [0.3, 0.4) is 0 Å². The quantitative estimate of drug-likeness (QED) is 0.863. The molecule has 4 nitrogen and oxygen atoms in total. The van der Waals surface area contributed by atoms with Gasteiger partial charge in [-0.2, -0.15) is 13.2 Å². The third kappa shape index (κ3) is 3.10. The predicted octanol–water partition coefficient (Wildman–Crippen LogP) is 1.74. The average molecular weight is 314 g/mol. The predicted molar refractivity (Wildman–Crippen MR) is 73.6 cm³/mol. The zero-order valence-corrected chi connectivity index (χ0v) is 11.9. The molecule has 1 atom stereocenters. The van der Waals surface area contributed by atoms with Gasteiger partial charge in [-0.25, -0.2) is 4.79 Å². The van der Waals surface area contributed by atoms with E-state index >= 15 is 0 Å². The molecule has 1 N–H and O–H groups in total. The second kappa shape index (κ2) is 5.89. The number of halogens is 3. The molecule has 0 spiro atoms. The fourth-order valence-corrected chi connectivity index (χ4v) is 2.95. The third-order valence-electron chi connectivity index (χ3n) is 4.17. The maximum absolute atomic E-state index is 13.0. The number of fused-ring (bicyclic) bond motifs is 1. The summed E-state index contributed by atoms with van der Waals surface area (Å²) in [5, 5.41) is 2.79. The lowest BCUT2D eigenvalue weighted by atomic mass is 10.0. The van der Waals surface area contributed by atoms with Crippen molar-refractivity contribution in [1.82, 2.24) is 10.2 Å². The summed E-state index contributed by atoms with van der Waals surface area (Å²) in [6.45, 7) is 1.49. The molecule has 0 amide bonds. The second-order valence-electron chi connectivity index (χ2n) is 5.62. The molecule has 2 heterocycles. The molecule has 3 rings (SSSR count). The van der Waals surface area contributed by atoms with Gasteiger partial charge in [-0.05, 0) is 18.1 Å². The Morgan fingerprint density at radius 3 is 2.95 bits per heavy atom. The molecule has 0 unspecified atom stereocenters. The molecule has 2 aliphatic heterocycles. The van der Waals surface area contributed by atoms with Crippen LogP contribution in [-0.2, 0) is 17.8 Å². The summed E-state index contributed by atoms with van der Waals surface area (Å²) < 4.78 is 43.9. The maximum Gasteiger partial charge on any atom is 0.405 e.